The van der Waals surface area contributed by atoms with E-state index >= 15 is 0 Å². The van der Waals surface area contributed by atoms with E-state index in [-0.39, 0.29) is 6.61 Å². The van der Waals surface area contributed by atoms with Gasteiger partial charge in [0.25, 0.3) is 0 Å². The maximum atomic E-state index is 9.35. The van der Waals surface area contributed by atoms with E-state index in [0.29, 0.717) is 17.9 Å². The Morgan fingerprint density at radius 1 is 1.25 bits per heavy atom. The molecule has 1 atom stereocenters. The van der Waals surface area contributed by atoms with E-state index in [9.17, 15) is 5.11 Å². The predicted molar refractivity (Wildman–Crippen MR) is 66.5 cm³/mol. The Bertz CT molecular complexity index is 317. The summed E-state index contributed by atoms with van der Waals surface area (Å²) in [4.78, 5) is 2.39. The maximum Gasteiger partial charge on any atom is 0.0589 e. The number of benzene rings is 1. The number of hydrogen-bond donors (Lipinski definition) is 1. The van der Waals surface area contributed by atoms with E-state index < -0.39 is 0 Å². The SMILES string of the molecule is CC(C)C(CO)N1CC(c2ccccc2)C1. The summed E-state index contributed by atoms with van der Waals surface area (Å²) in [5.74, 6) is 1.19. The highest BCUT2D eigenvalue weighted by Gasteiger charge is 2.33. The molecule has 2 heteroatoms. The standard InChI is InChI=1S/C14H21NO/c1-11(2)14(10-16)15-8-13(9-15)12-6-4-3-5-7-12/h3-7,11,13-14,16H,8-10H2,1-2H3. The zero-order valence-electron chi connectivity index (χ0n) is 10.1. The lowest BCUT2D eigenvalue weighted by Gasteiger charge is -2.45. The number of aliphatic hydroxyl groups excluding tert-OH is 1. The zero-order valence-corrected chi connectivity index (χ0v) is 10.1. The average Bonchev–Trinajstić information content (AvgIpc) is 2.23. The molecule has 1 fully saturated rings. The van der Waals surface area contributed by atoms with Crippen molar-refractivity contribution in [1.82, 2.24) is 4.90 Å². The van der Waals surface area contributed by atoms with Gasteiger partial charge >= 0.3 is 0 Å². The topological polar surface area (TPSA) is 23.5 Å². The molecule has 16 heavy (non-hydrogen) atoms. The lowest BCUT2D eigenvalue weighted by atomic mass is 9.88. The van der Waals surface area contributed by atoms with Crippen LogP contribution >= 0.6 is 0 Å². The molecule has 0 amide bonds. The third kappa shape index (κ3) is 2.28. The summed E-state index contributed by atoms with van der Waals surface area (Å²) < 4.78 is 0. The Hall–Kier alpha value is -0.860. The van der Waals surface area contributed by atoms with Crippen LogP contribution in [0.5, 0.6) is 0 Å². The number of nitrogens with zero attached hydrogens (tertiary/aromatic N) is 1. The molecule has 2 rings (SSSR count). The Balaban J connectivity index is 1.90. The van der Waals surface area contributed by atoms with E-state index in [1.807, 2.05) is 0 Å². The number of hydrogen-bond acceptors (Lipinski definition) is 2. The molecule has 0 spiro atoms. The van der Waals surface area contributed by atoms with Gasteiger partial charge in [0.15, 0.2) is 0 Å². The van der Waals surface area contributed by atoms with E-state index in [1.54, 1.807) is 0 Å². The van der Waals surface area contributed by atoms with Gasteiger partial charge in [-0.25, -0.2) is 0 Å². The molecule has 1 aliphatic rings. The smallest absolute Gasteiger partial charge is 0.0589 e. The molecule has 1 aliphatic heterocycles. The van der Waals surface area contributed by atoms with Gasteiger partial charge in [-0.15, -0.1) is 0 Å². The molecule has 1 aromatic rings. The summed E-state index contributed by atoms with van der Waals surface area (Å²) in [6, 6.07) is 11.0. The van der Waals surface area contributed by atoms with Gasteiger partial charge < -0.3 is 5.11 Å². The first-order valence-electron chi connectivity index (χ1n) is 6.12. The van der Waals surface area contributed by atoms with Crippen molar-refractivity contribution in [2.75, 3.05) is 19.7 Å². The second-order valence-electron chi connectivity index (χ2n) is 5.06. The van der Waals surface area contributed by atoms with Gasteiger partial charge in [0, 0.05) is 25.0 Å². The molecule has 1 unspecified atom stereocenters. The molecule has 0 saturated carbocycles. The van der Waals surface area contributed by atoms with Crippen molar-refractivity contribution in [3.8, 4) is 0 Å². The van der Waals surface area contributed by atoms with Crippen LogP contribution in [-0.2, 0) is 0 Å². The minimum Gasteiger partial charge on any atom is -0.395 e. The fraction of sp³-hybridized carbons (Fsp3) is 0.571. The van der Waals surface area contributed by atoms with E-state index in [1.165, 1.54) is 5.56 Å². The van der Waals surface area contributed by atoms with Crippen LogP contribution in [-0.4, -0.2) is 35.7 Å². The van der Waals surface area contributed by atoms with E-state index in [2.05, 4.69) is 49.1 Å². The van der Waals surface area contributed by atoms with Gasteiger partial charge in [-0.05, 0) is 11.5 Å². The maximum absolute atomic E-state index is 9.35. The van der Waals surface area contributed by atoms with Crippen molar-refractivity contribution in [2.24, 2.45) is 5.92 Å². The second kappa shape index (κ2) is 4.98. The largest absolute Gasteiger partial charge is 0.395 e. The molecular formula is C14H21NO. The Labute approximate surface area is 97.9 Å². The zero-order chi connectivity index (χ0) is 11.5. The van der Waals surface area contributed by atoms with E-state index in [0.717, 1.165) is 13.1 Å². The highest BCUT2D eigenvalue weighted by Crippen LogP contribution is 2.30. The normalized spacial score (nSPS) is 19.8. The first-order valence-corrected chi connectivity index (χ1v) is 6.12. The van der Waals surface area contributed by atoms with Crippen LogP contribution in [0.4, 0.5) is 0 Å². The minimum absolute atomic E-state index is 0.277. The third-order valence-electron chi connectivity index (χ3n) is 3.61. The fourth-order valence-electron chi connectivity index (χ4n) is 2.47. The van der Waals surface area contributed by atoms with Gasteiger partial charge in [-0.1, -0.05) is 44.2 Å². The van der Waals surface area contributed by atoms with E-state index in [4.69, 9.17) is 0 Å². The third-order valence-corrected chi connectivity index (χ3v) is 3.61. The first kappa shape index (κ1) is 11.6. The van der Waals surface area contributed by atoms with Gasteiger partial charge in [-0.2, -0.15) is 0 Å². The van der Waals surface area contributed by atoms with Crippen molar-refractivity contribution in [2.45, 2.75) is 25.8 Å². The summed E-state index contributed by atoms with van der Waals surface area (Å²) in [7, 11) is 0. The molecule has 2 nitrogen and oxygen atoms in total. The van der Waals surface area contributed by atoms with Crippen molar-refractivity contribution >= 4 is 0 Å². The Morgan fingerprint density at radius 2 is 1.88 bits per heavy atom. The summed E-state index contributed by atoms with van der Waals surface area (Å²) >= 11 is 0. The lowest BCUT2D eigenvalue weighted by molar-refractivity contribution is 0.0291. The number of rotatable bonds is 4. The van der Waals surface area contributed by atoms with Crippen molar-refractivity contribution in [3.63, 3.8) is 0 Å². The fourth-order valence-corrected chi connectivity index (χ4v) is 2.47. The average molecular weight is 219 g/mol. The minimum atomic E-state index is 0.277. The molecule has 1 saturated heterocycles. The molecule has 88 valence electrons. The summed E-state index contributed by atoms with van der Waals surface area (Å²) in [6.45, 7) is 6.81. The van der Waals surface area contributed by atoms with Gasteiger partial charge in [0.1, 0.15) is 0 Å². The molecule has 0 radical (unpaired) electrons. The predicted octanol–water partition coefficient (Wildman–Crippen LogP) is 2.10. The van der Waals surface area contributed by atoms with Crippen LogP contribution in [0.3, 0.4) is 0 Å². The van der Waals surface area contributed by atoms with Gasteiger partial charge in [0.05, 0.1) is 6.61 Å². The summed E-state index contributed by atoms with van der Waals surface area (Å²) in [6.07, 6.45) is 0. The van der Waals surface area contributed by atoms with Crippen LogP contribution in [0, 0.1) is 5.92 Å². The van der Waals surface area contributed by atoms with Gasteiger partial charge in [-0.3, -0.25) is 4.90 Å². The highest BCUT2D eigenvalue weighted by molar-refractivity contribution is 5.22. The number of aliphatic hydroxyl groups is 1. The number of likely N-dealkylation sites (tertiary alicyclic amines) is 1. The first-order chi connectivity index (χ1) is 7.72. The highest BCUT2D eigenvalue weighted by atomic mass is 16.3. The van der Waals surface area contributed by atoms with Crippen LogP contribution in [0.1, 0.15) is 25.3 Å². The second-order valence-corrected chi connectivity index (χ2v) is 5.06. The molecular weight excluding hydrogens is 198 g/mol. The van der Waals surface area contributed by atoms with Crippen molar-refractivity contribution in [1.29, 1.82) is 0 Å². The van der Waals surface area contributed by atoms with Crippen LogP contribution in [0.25, 0.3) is 0 Å². The Morgan fingerprint density at radius 3 is 2.38 bits per heavy atom. The van der Waals surface area contributed by atoms with Crippen LogP contribution < -0.4 is 0 Å². The summed E-state index contributed by atoms with van der Waals surface area (Å²) in [5, 5.41) is 9.35. The Kier molecular flexibility index (Phi) is 3.62. The van der Waals surface area contributed by atoms with Gasteiger partial charge in [0.2, 0.25) is 0 Å². The summed E-state index contributed by atoms with van der Waals surface area (Å²) in [5.41, 5.74) is 1.43. The van der Waals surface area contributed by atoms with Crippen LogP contribution in [0.2, 0.25) is 0 Å². The molecule has 0 aliphatic carbocycles. The van der Waals surface area contributed by atoms with Crippen LogP contribution in [0.15, 0.2) is 30.3 Å². The van der Waals surface area contributed by atoms with Crippen molar-refractivity contribution < 1.29 is 5.11 Å². The molecule has 1 N–H and O–H groups in total. The molecule has 1 aromatic carbocycles. The lowest BCUT2D eigenvalue weighted by Crippen LogP contribution is -2.53. The molecule has 0 bridgehead atoms. The molecule has 0 aromatic heterocycles. The van der Waals surface area contributed by atoms with Crippen molar-refractivity contribution in [3.05, 3.63) is 35.9 Å². The quantitative estimate of drug-likeness (QED) is 0.838. The monoisotopic (exact) mass is 219 g/mol. The molecule has 1 heterocycles.